The molecule has 1 aliphatic heterocycles. The van der Waals surface area contributed by atoms with Crippen molar-refractivity contribution in [2.24, 2.45) is 4.99 Å². The highest BCUT2D eigenvalue weighted by Gasteiger charge is 2.20. The Labute approximate surface area is 158 Å². The number of para-hydroxylation sites is 1. The molecule has 140 valence electrons. The van der Waals surface area contributed by atoms with Gasteiger partial charge in [0.05, 0.1) is 18.1 Å². The molecule has 2 atom stereocenters. The minimum Gasteiger partial charge on any atom is -0.487 e. The van der Waals surface area contributed by atoms with E-state index >= 15 is 0 Å². The van der Waals surface area contributed by atoms with Crippen molar-refractivity contribution < 1.29 is 4.74 Å². The van der Waals surface area contributed by atoms with Crippen LogP contribution in [0.3, 0.4) is 0 Å². The molecule has 0 amide bonds. The molecule has 0 spiro atoms. The number of aryl methyl sites for hydroxylation is 1. The molecule has 7 nitrogen and oxygen atoms in total. The fourth-order valence-corrected chi connectivity index (χ4v) is 3.06. The van der Waals surface area contributed by atoms with Crippen LogP contribution in [0, 0.1) is 0 Å². The van der Waals surface area contributed by atoms with E-state index in [0.717, 1.165) is 37.7 Å². The number of hydrogen-bond donors (Lipinski definition) is 2. The number of halogens is 1. The van der Waals surface area contributed by atoms with Crippen molar-refractivity contribution in [3.05, 3.63) is 41.4 Å². The first kappa shape index (κ1) is 18.5. The second-order valence-electron chi connectivity index (χ2n) is 6.32. The van der Waals surface area contributed by atoms with Gasteiger partial charge in [-0.05, 0) is 32.4 Å². The SMILES string of the molecule is CCNC(=NCC(C)Oc1ccccc1Cl)NC1CCc2ncnn2C1. The van der Waals surface area contributed by atoms with E-state index in [9.17, 15) is 0 Å². The van der Waals surface area contributed by atoms with Crippen LogP contribution in [-0.2, 0) is 13.0 Å². The Balaban J connectivity index is 1.56. The Morgan fingerprint density at radius 1 is 1.46 bits per heavy atom. The molecule has 26 heavy (non-hydrogen) atoms. The molecule has 2 unspecified atom stereocenters. The number of nitrogens with one attached hydrogen (secondary N) is 2. The maximum atomic E-state index is 6.14. The van der Waals surface area contributed by atoms with Crippen molar-refractivity contribution in [3.63, 3.8) is 0 Å². The monoisotopic (exact) mass is 376 g/mol. The summed E-state index contributed by atoms with van der Waals surface area (Å²) in [6.45, 7) is 6.16. The van der Waals surface area contributed by atoms with Crippen LogP contribution in [0.4, 0.5) is 0 Å². The number of rotatable bonds is 6. The van der Waals surface area contributed by atoms with Crippen molar-refractivity contribution in [2.75, 3.05) is 13.1 Å². The first-order valence-electron chi connectivity index (χ1n) is 8.98. The van der Waals surface area contributed by atoms with E-state index < -0.39 is 0 Å². The number of aliphatic imine (C=N–C) groups is 1. The van der Waals surface area contributed by atoms with Crippen LogP contribution >= 0.6 is 11.6 Å². The van der Waals surface area contributed by atoms with Gasteiger partial charge in [0.2, 0.25) is 0 Å². The zero-order valence-corrected chi connectivity index (χ0v) is 15.9. The number of benzene rings is 1. The van der Waals surface area contributed by atoms with Crippen LogP contribution in [0.2, 0.25) is 5.02 Å². The summed E-state index contributed by atoms with van der Waals surface area (Å²) >= 11 is 6.14. The molecule has 8 heteroatoms. The highest BCUT2D eigenvalue weighted by atomic mass is 35.5. The summed E-state index contributed by atoms with van der Waals surface area (Å²) in [6.07, 6.45) is 3.46. The molecule has 2 aromatic rings. The fourth-order valence-electron chi connectivity index (χ4n) is 2.88. The Kier molecular flexibility index (Phi) is 6.33. The third-order valence-electron chi connectivity index (χ3n) is 4.16. The van der Waals surface area contributed by atoms with Gasteiger partial charge in [-0.15, -0.1) is 0 Å². The van der Waals surface area contributed by atoms with Gasteiger partial charge in [0.25, 0.3) is 0 Å². The Morgan fingerprint density at radius 3 is 3.12 bits per heavy atom. The molecular weight excluding hydrogens is 352 g/mol. The van der Waals surface area contributed by atoms with Gasteiger partial charge in [0, 0.05) is 19.0 Å². The number of hydrogen-bond acceptors (Lipinski definition) is 4. The molecule has 0 aliphatic carbocycles. The lowest BCUT2D eigenvalue weighted by Crippen LogP contribution is -2.47. The van der Waals surface area contributed by atoms with Gasteiger partial charge in [-0.25, -0.2) is 14.7 Å². The van der Waals surface area contributed by atoms with Crippen molar-refractivity contribution in [1.82, 2.24) is 25.4 Å². The zero-order valence-electron chi connectivity index (χ0n) is 15.2. The van der Waals surface area contributed by atoms with E-state index in [2.05, 4.69) is 32.6 Å². The zero-order chi connectivity index (χ0) is 18.4. The lowest BCUT2D eigenvalue weighted by atomic mass is 10.1. The van der Waals surface area contributed by atoms with Gasteiger partial charge >= 0.3 is 0 Å². The lowest BCUT2D eigenvalue weighted by molar-refractivity contribution is 0.230. The highest BCUT2D eigenvalue weighted by molar-refractivity contribution is 6.32. The molecule has 0 fully saturated rings. The second-order valence-corrected chi connectivity index (χ2v) is 6.72. The predicted molar refractivity (Wildman–Crippen MR) is 103 cm³/mol. The van der Waals surface area contributed by atoms with Crippen LogP contribution in [0.5, 0.6) is 5.75 Å². The molecule has 0 saturated heterocycles. The van der Waals surface area contributed by atoms with Crippen LogP contribution in [-0.4, -0.2) is 46.0 Å². The Bertz CT molecular complexity index is 747. The average Bonchev–Trinajstić information content (AvgIpc) is 3.10. The fraction of sp³-hybridized carbons (Fsp3) is 0.500. The second kappa shape index (κ2) is 8.89. The highest BCUT2D eigenvalue weighted by Crippen LogP contribution is 2.24. The number of guanidine groups is 1. The molecule has 0 radical (unpaired) electrons. The molecule has 0 saturated carbocycles. The molecule has 1 aliphatic rings. The lowest BCUT2D eigenvalue weighted by Gasteiger charge is -2.25. The molecular formula is C18H25ClN6O. The van der Waals surface area contributed by atoms with E-state index in [1.165, 1.54) is 0 Å². The number of nitrogens with zero attached hydrogens (tertiary/aromatic N) is 4. The van der Waals surface area contributed by atoms with Crippen molar-refractivity contribution in [2.45, 2.75) is 45.4 Å². The Hall–Kier alpha value is -2.28. The summed E-state index contributed by atoms with van der Waals surface area (Å²) < 4.78 is 7.83. The number of ether oxygens (including phenoxy) is 1. The minimum atomic E-state index is -0.0846. The summed E-state index contributed by atoms with van der Waals surface area (Å²) in [7, 11) is 0. The van der Waals surface area contributed by atoms with Gasteiger partial charge in [0.1, 0.15) is 24.0 Å². The summed E-state index contributed by atoms with van der Waals surface area (Å²) in [5.74, 6) is 2.52. The van der Waals surface area contributed by atoms with Crippen molar-refractivity contribution in [1.29, 1.82) is 0 Å². The molecule has 0 bridgehead atoms. The number of aromatic nitrogens is 3. The van der Waals surface area contributed by atoms with E-state index in [4.69, 9.17) is 16.3 Å². The largest absolute Gasteiger partial charge is 0.487 e. The quantitative estimate of drug-likeness (QED) is 0.597. The molecule has 1 aromatic carbocycles. The van der Waals surface area contributed by atoms with Crippen molar-refractivity contribution in [3.8, 4) is 5.75 Å². The first-order valence-corrected chi connectivity index (χ1v) is 9.36. The predicted octanol–water partition coefficient (Wildman–Crippen LogP) is 2.27. The standard InChI is InChI=1S/C18H25ClN6O/c1-3-20-18(24-14-8-9-17-22-12-23-25(17)11-14)21-10-13(2)26-16-7-5-4-6-15(16)19/h4-7,12-14H,3,8-11H2,1-2H3,(H2,20,21,24). The van der Waals surface area contributed by atoms with Gasteiger partial charge in [-0.3, -0.25) is 0 Å². The van der Waals surface area contributed by atoms with Crippen molar-refractivity contribution >= 4 is 17.6 Å². The van der Waals surface area contributed by atoms with Crippen LogP contribution < -0.4 is 15.4 Å². The van der Waals surface area contributed by atoms with Gasteiger partial charge in [0.15, 0.2) is 5.96 Å². The normalized spacial score (nSPS) is 18.1. The average molecular weight is 377 g/mol. The smallest absolute Gasteiger partial charge is 0.191 e. The summed E-state index contributed by atoms with van der Waals surface area (Å²) in [5, 5.41) is 11.6. The first-order chi connectivity index (χ1) is 12.7. The maximum absolute atomic E-state index is 6.14. The van der Waals surface area contributed by atoms with E-state index in [-0.39, 0.29) is 12.1 Å². The topological polar surface area (TPSA) is 76.4 Å². The third-order valence-corrected chi connectivity index (χ3v) is 4.47. The van der Waals surface area contributed by atoms with Gasteiger partial charge in [-0.2, -0.15) is 5.10 Å². The molecule has 2 N–H and O–H groups in total. The third kappa shape index (κ3) is 4.88. The van der Waals surface area contributed by atoms with E-state index in [0.29, 0.717) is 17.3 Å². The van der Waals surface area contributed by atoms with E-state index in [1.54, 1.807) is 6.33 Å². The summed E-state index contributed by atoms with van der Waals surface area (Å²) in [4.78, 5) is 8.92. The van der Waals surface area contributed by atoms with Gasteiger partial charge in [-0.1, -0.05) is 23.7 Å². The van der Waals surface area contributed by atoms with Gasteiger partial charge < -0.3 is 15.4 Å². The Morgan fingerprint density at radius 2 is 2.31 bits per heavy atom. The van der Waals surface area contributed by atoms with E-state index in [1.807, 2.05) is 35.9 Å². The summed E-state index contributed by atoms with van der Waals surface area (Å²) in [6, 6.07) is 7.76. The van der Waals surface area contributed by atoms with Crippen LogP contribution in [0.15, 0.2) is 35.6 Å². The summed E-state index contributed by atoms with van der Waals surface area (Å²) in [5.41, 5.74) is 0. The molecule has 3 rings (SSSR count). The minimum absolute atomic E-state index is 0.0846. The van der Waals surface area contributed by atoms with Crippen LogP contribution in [0.25, 0.3) is 0 Å². The van der Waals surface area contributed by atoms with Crippen LogP contribution in [0.1, 0.15) is 26.1 Å². The molecule has 1 aromatic heterocycles. The number of fused-ring (bicyclic) bond motifs is 1. The maximum Gasteiger partial charge on any atom is 0.191 e. The molecule has 2 heterocycles.